The van der Waals surface area contributed by atoms with E-state index in [9.17, 15) is 23.3 Å². The van der Waals surface area contributed by atoms with Crippen LogP contribution < -0.4 is 0 Å². The molecule has 0 bridgehead atoms. The predicted molar refractivity (Wildman–Crippen MR) is 162 cm³/mol. The fraction of sp³-hybridized carbons (Fsp3) is 0.414. The third-order valence-corrected chi connectivity index (χ3v) is 10.1. The zero-order valence-corrected chi connectivity index (χ0v) is 26.1. The molecule has 0 aliphatic heterocycles. The number of benzene rings is 2. The summed E-state index contributed by atoms with van der Waals surface area (Å²) in [6.45, 7) is 2.58. The molecule has 1 aliphatic rings. The van der Waals surface area contributed by atoms with Crippen LogP contribution in [0.2, 0.25) is 5.02 Å². The molecule has 1 amide bonds. The molecule has 1 aliphatic carbocycles. The van der Waals surface area contributed by atoms with E-state index in [1.807, 2.05) is 54.4 Å². The molecule has 0 atom stereocenters. The first kappa shape index (κ1) is 31.2. The SMILES string of the molecule is CCCN(CC(=O)N(Cc1cccn1Cc1ccc(Br)cc1)C1CCCCC1)S(=O)(=O)c1ccc(Cl)c([N+](=O)[O-])c1. The Morgan fingerprint density at radius 1 is 1.12 bits per heavy atom. The van der Waals surface area contributed by atoms with Crippen molar-refractivity contribution in [1.29, 1.82) is 0 Å². The first-order valence-electron chi connectivity index (χ1n) is 13.7. The normalized spacial score (nSPS) is 14.3. The van der Waals surface area contributed by atoms with Gasteiger partial charge in [0.15, 0.2) is 0 Å². The molecule has 9 nitrogen and oxygen atoms in total. The van der Waals surface area contributed by atoms with Gasteiger partial charge in [-0.2, -0.15) is 4.31 Å². The fourth-order valence-corrected chi connectivity index (χ4v) is 7.19. The van der Waals surface area contributed by atoms with Crippen LogP contribution in [0, 0.1) is 10.1 Å². The Hall–Kier alpha value is -2.73. The number of nitro groups is 1. The summed E-state index contributed by atoms with van der Waals surface area (Å²) < 4.78 is 31.5. The summed E-state index contributed by atoms with van der Waals surface area (Å²) in [5, 5.41) is 11.2. The number of nitro benzene ring substituents is 1. The summed E-state index contributed by atoms with van der Waals surface area (Å²) in [6, 6.07) is 15.4. The van der Waals surface area contributed by atoms with Crippen LogP contribution in [0.5, 0.6) is 0 Å². The maximum Gasteiger partial charge on any atom is 0.289 e. The van der Waals surface area contributed by atoms with Crippen LogP contribution >= 0.6 is 27.5 Å². The first-order chi connectivity index (χ1) is 19.6. The lowest BCUT2D eigenvalue weighted by Crippen LogP contribution is -2.47. The summed E-state index contributed by atoms with van der Waals surface area (Å²) in [5.74, 6) is -0.284. The van der Waals surface area contributed by atoms with E-state index in [0.29, 0.717) is 19.5 Å². The van der Waals surface area contributed by atoms with E-state index in [4.69, 9.17) is 11.6 Å². The topological polar surface area (TPSA) is 106 Å². The van der Waals surface area contributed by atoms with Crippen molar-refractivity contribution in [3.05, 3.63) is 91.7 Å². The number of rotatable bonds is 12. The molecule has 1 saturated carbocycles. The minimum atomic E-state index is -4.20. The van der Waals surface area contributed by atoms with Crippen molar-refractivity contribution in [2.24, 2.45) is 0 Å². The van der Waals surface area contributed by atoms with E-state index >= 15 is 0 Å². The highest BCUT2D eigenvalue weighted by Gasteiger charge is 2.33. The van der Waals surface area contributed by atoms with Crippen molar-refractivity contribution in [3.8, 4) is 0 Å². The van der Waals surface area contributed by atoms with Crippen molar-refractivity contribution in [2.45, 2.75) is 69.5 Å². The summed E-state index contributed by atoms with van der Waals surface area (Å²) in [6.07, 6.45) is 7.33. The lowest BCUT2D eigenvalue weighted by Gasteiger charge is -2.36. The van der Waals surface area contributed by atoms with Gasteiger partial charge in [0.1, 0.15) is 5.02 Å². The van der Waals surface area contributed by atoms with E-state index in [1.54, 1.807) is 0 Å². The van der Waals surface area contributed by atoms with Crippen LogP contribution in [0.1, 0.15) is 56.7 Å². The molecule has 0 spiro atoms. The Kier molecular flexibility index (Phi) is 10.6. The van der Waals surface area contributed by atoms with E-state index in [1.165, 1.54) is 12.1 Å². The van der Waals surface area contributed by atoms with Gasteiger partial charge in [-0.1, -0.05) is 65.8 Å². The number of carbonyl (C=O) groups is 1. The Morgan fingerprint density at radius 3 is 2.49 bits per heavy atom. The van der Waals surface area contributed by atoms with Gasteiger partial charge >= 0.3 is 0 Å². The Balaban J connectivity index is 1.60. The van der Waals surface area contributed by atoms with E-state index in [-0.39, 0.29) is 35.0 Å². The van der Waals surface area contributed by atoms with E-state index in [2.05, 4.69) is 20.5 Å². The monoisotopic (exact) mass is 664 g/mol. The third-order valence-electron chi connectivity index (χ3n) is 7.39. The smallest absolute Gasteiger partial charge is 0.289 e. The van der Waals surface area contributed by atoms with Gasteiger partial charge in [-0.05, 0) is 61.2 Å². The largest absolute Gasteiger partial charge is 0.345 e. The fourth-order valence-electron chi connectivity index (χ4n) is 5.24. The van der Waals surface area contributed by atoms with Crippen LogP contribution in [-0.4, -0.2) is 52.2 Å². The summed E-state index contributed by atoms with van der Waals surface area (Å²) in [4.78, 5) is 26.2. The lowest BCUT2D eigenvalue weighted by molar-refractivity contribution is -0.384. The molecule has 2 aromatic carbocycles. The molecule has 1 heterocycles. The number of nitrogens with zero attached hydrogens (tertiary/aromatic N) is 4. The molecular formula is C29H34BrClN4O5S. The second kappa shape index (κ2) is 14.0. The Labute approximate surface area is 254 Å². The maximum absolute atomic E-state index is 13.9. The van der Waals surface area contributed by atoms with Crippen molar-refractivity contribution in [1.82, 2.24) is 13.8 Å². The zero-order chi connectivity index (χ0) is 29.6. The highest BCUT2D eigenvalue weighted by molar-refractivity contribution is 9.10. The third kappa shape index (κ3) is 7.77. The molecule has 0 radical (unpaired) electrons. The van der Waals surface area contributed by atoms with E-state index < -0.39 is 20.6 Å². The van der Waals surface area contributed by atoms with Gasteiger partial charge in [0.25, 0.3) is 5.69 Å². The van der Waals surface area contributed by atoms with Crippen LogP contribution in [0.3, 0.4) is 0 Å². The highest BCUT2D eigenvalue weighted by Crippen LogP contribution is 2.30. The second-order valence-electron chi connectivity index (χ2n) is 10.3. The minimum Gasteiger partial charge on any atom is -0.345 e. The number of sulfonamides is 1. The standard InChI is InChI=1S/C29H34BrClN4O5S/c1-2-16-33(41(39,40)26-14-15-27(31)28(18-26)35(37)38)21-29(36)34(24-7-4-3-5-8-24)20-25-9-6-17-32(25)19-22-10-12-23(30)13-11-22/h6,9-15,17-18,24H,2-5,7-8,16,19-21H2,1H3. The molecule has 1 aromatic heterocycles. The van der Waals surface area contributed by atoms with Gasteiger partial charge in [0.05, 0.1) is 22.9 Å². The molecular weight excluding hydrogens is 632 g/mol. The van der Waals surface area contributed by atoms with Crippen LogP contribution in [0.4, 0.5) is 5.69 Å². The minimum absolute atomic E-state index is 0.00933. The number of amides is 1. The van der Waals surface area contributed by atoms with Crippen molar-refractivity contribution < 1.29 is 18.1 Å². The maximum atomic E-state index is 13.9. The van der Waals surface area contributed by atoms with E-state index in [0.717, 1.165) is 58.2 Å². The molecule has 41 heavy (non-hydrogen) atoms. The van der Waals surface area contributed by atoms with Gasteiger partial charge in [0, 0.05) is 41.6 Å². The highest BCUT2D eigenvalue weighted by atomic mass is 79.9. The molecule has 4 rings (SSSR count). The number of carbonyl (C=O) groups excluding carboxylic acids is 1. The number of aromatic nitrogens is 1. The van der Waals surface area contributed by atoms with Gasteiger partial charge in [-0.15, -0.1) is 0 Å². The van der Waals surface area contributed by atoms with Gasteiger partial charge in [-0.25, -0.2) is 8.42 Å². The van der Waals surface area contributed by atoms with Crippen LogP contribution in [-0.2, 0) is 27.9 Å². The summed E-state index contributed by atoms with van der Waals surface area (Å²) in [5.41, 5.74) is 1.59. The second-order valence-corrected chi connectivity index (χ2v) is 13.5. The van der Waals surface area contributed by atoms with Gasteiger partial charge < -0.3 is 9.47 Å². The van der Waals surface area contributed by atoms with Crippen molar-refractivity contribution in [2.75, 3.05) is 13.1 Å². The first-order valence-corrected chi connectivity index (χ1v) is 16.3. The van der Waals surface area contributed by atoms with Crippen LogP contribution in [0.25, 0.3) is 0 Å². The molecule has 3 aromatic rings. The zero-order valence-electron chi connectivity index (χ0n) is 22.9. The predicted octanol–water partition coefficient (Wildman–Crippen LogP) is 6.62. The average Bonchev–Trinajstić information content (AvgIpc) is 3.39. The molecule has 0 saturated heterocycles. The molecule has 0 N–H and O–H groups in total. The number of halogens is 2. The van der Waals surface area contributed by atoms with Crippen molar-refractivity contribution >= 4 is 49.1 Å². The summed E-state index contributed by atoms with van der Waals surface area (Å²) >= 11 is 9.39. The number of hydrogen-bond acceptors (Lipinski definition) is 5. The Bertz CT molecular complexity index is 1470. The van der Waals surface area contributed by atoms with Crippen molar-refractivity contribution in [3.63, 3.8) is 0 Å². The van der Waals surface area contributed by atoms with Gasteiger partial charge in [0.2, 0.25) is 15.9 Å². The quantitative estimate of drug-likeness (QED) is 0.160. The number of hydrogen-bond donors (Lipinski definition) is 0. The molecule has 0 unspecified atom stereocenters. The molecule has 1 fully saturated rings. The molecule has 220 valence electrons. The lowest BCUT2D eigenvalue weighted by atomic mass is 9.94. The average molecular weight is 666 g/mol. The summed E-state index contributed by atoms with van der Waals surface area (Å²) in [7, 11) is -4.20. The Morgan fingerprint density at radius 2 is 1.83 bits per heavy atom. The van der Waals surface area contributed by atoms with Crippen LogP contribution in [0.15, 0.2) is 70.2 Å². The molecule has 12 heteroatoms. The van der Waals surface area contributed by atoms with Gasteiger partial charge in [-0.3, -0.25) is 14.9 Å².